The van der Waals surface area contributed by atoms with E-state index in [1.54, 1.807) is 6.07 Å². The Labute approximate surface area is 105 Å². The van der Waals surface area contributed by atoms with E-state index < -0.39 is 15.8 Å². The third-order valence-electron chi connectivity index (χ3n) is 2.63. The average Bonchev–Trinajstić information content (AvgIpc) is 2.28. The average molecular weight is 272 g/mol. The number of rotatable bonds is 3. The molecule has 1 heterocycles. The zero-order chi connectivity index (χ0) is 13.2. The number of halogens is 1. The number of nitrogens with zero attached hydrogens (tertiary/aromatic N) is 1. The summed E-state index contributed by atoms with van der Waals surface area (Å²) in [6, 6.07) is 5.44. The first-order valence-corrected chi connectivity index (χ1v) is 7.07. The Morgan fingerprint density at radius 3 is 2.83 bits per heavy atom. The lowest BCUT2D eigenvalue weighted by Crippen LogP contribution is -2.50. The van der Waals surface area contributed by atoms with Gasteiger partial charge in [0.15, 0.2) is 0 Å². The second-order valence-electron chi connectivity index (χ2n) is 4.07. The van der Waals surface area contributed by atoms with E-state index in [0.29, 0.717) is 12.1 Å². The maximum Gasteiger partial charge on any atom is 0.235 e. The van der Waals surface area contributed by atoms with Crippen molar-refractivity contribution in [1.82, 2.24) is 9.62 Å². The zero-order valence-corrected chi connectivity index (χ0v) is 10.4. The van der Waals surface area contributed by atoms with Crippen LogP contribution in [0.2, 0.25) is 0 Å². The summed E-state index contributed by atoms with van der Waals surface area (Å²) in [5, 5.41) is 2.55. The Morgan fingerprint density at radius 1 is 1.39 bits per heavy atom. The minimum Gasteiger partial charge on any atom is -0.354 e. The van der Waals surface area contributed by atoms with Crippen molar-refractivity contribution in [2.24, 2.45) is 0 Å². The highest BCUT2D eigenvalue weighted by molar-refractivity contribution is 7.88. The van der Waals surface area contributed by atoms with Gasteiger partial charge in [0.25, 0.3) is 0 Å². The molecule has 1 saturated heterocycles. The molecule has 98 valence electrons. The quantitative estimate of drug-likeness (QED) is 0.848. The predicted molar refractivity (Wildman–Crippen MR) is 63.6 cm³/mol. The maximum atomic E-state index is 13.0. The molecule has 0 bridgehead atoms. The molecule has 18 heavy (non-hydrogen) atoms. The fourth-order valence-electron chi connectivity index (χ4n) is 1.78. The van der Waals surface area contributed by atoms with Crippen molar-refractivity contribution in [3.8, 4) is 0 Å². The van der Waals surface area contributed by atoms with Gasteiger partial charge in [0, 0.05) is 13.1 Å². The van der Waals surface area contributed by atoms with Crippen molar-refractivity contribution in [2.75, 3.05) is 19.6 Å². The summed E-state index contributed by atoms with van der Waals surface area (Å²) in [6.07, 6.45) is 0. The van der Waals surface area contributed by atoms with Gasteiger partial charge in [-0.2, -0.15) is 4.31 Å². The van der Waals surface area contributed by atoms with E-state index in [0.717, 1.165) is 4.31 Å². The second-order valence-corrected chi connectivity index (χ2v) is 6.04. The van der Waals surface area contributed by atoms with Crippen molar-refractivity contribution < 1.29 is 17.6 Å². The van der Waals surface area contributed by atoms with Crippen LogP contribution in [-0.4, -0.2) is 38.3 Å². The van der Waals surface area contributed by atoms with Crippen molar-refractivity contribution in [1.29, 1.82) is 0 Å². The van der Waals surface area contributed by atoms with E-state index in [1.165, 1.54) is 18.2 Å². The van der Waals surface area contributed by atoms with Crippen LogP contribution in [0.25, 0.3) is 0 Å². The van der Waals surface area contributed by atoms with Gasteiger partial charge in [-0.1, -0.05) is 12.1 Å². The lowest BCUT2D eigenvalue weighted by molar-refractivity contribution is -0.122. The standard InChI is InChI=1S/C11H13FN2O3S/c12-10-3-1-2-9(6-10)8-18(16,17)14-5-4-13-11(15)7-14/h1-3,6H,4-5,7-8H2,(H,13,15). The highest BCUT2D eigenvalue weighted by Crippen LogP contribution is 2.12. The number of benzene rings is 1. The number of hydrogen-bond acceptors (Lipinski definition) is 3. The first-order valence-electron chi connectivity index (χ1n) is 5.46. The van der Waals surface area contributed by atoms with E-state index in [-0.39, 0.29) is 24.7 Å². The minimum atomic E-state index is -3.58. The fraction of sp³-hybridized carbons (Fsp3) is 0.364. The smallest absolute Gasteiger partial charge is 0.235 e. The molecule has 0 radical (unpaired) electrons. The van der Waals surface area contributed by atoms with Crippen molar-refractivity contribution in [2.45, 2.75) is 5.75 Å². The normalized spacial score (nSPS) is 17.5. The molecule has 2 rings (SSSR count). The molecule has 1 amide bonds. The molecule has 0 spiro atoms. The molecule has 1 aromatic carbocycles. The molecule has 1 fully saturated rings. The number of carbonyl (C=O) groups excluding carboxylic acids is 1. The van der Waals surface area contributed by atoms with Gasteiger partial charge in [0.1, 0.15) is 5.82 Å². The number of sulfonamides is 1. The minimum absolute atomic E-state index is 0.169. The predicted octanol–water partition coefficient (Wildman–Crippen LogP) is 0.0873. The zero-order valence-electron chi connectivity index (χ0n) is 9.60. The monoisotopic (exact) mass is 272 g/mol. The molecule has 0 saturated carbocycles. The number of nitrogens with one attached hydrogen (secondary N) is 1. The van der Waals surface area contributed by atoms with Gasteiger partial charge >= 0.3 is 0 Å². The van der Waals surface area contributed by atoms with Crippen molar-refractivity contribution >= 4 is 15.9 Å². The Bertz CT molecular complexity index is 559. The molecular weight excluding hydrogens is 259 g/mol. The molecule has 0 unspecified atom stereocenters. The molecule has 0 aromatic heterocycles. The van der Waals surface area contributed by atoms with Gasteiger partial charge in [-0.25, -0.2) is 12.8 Å². The lowest BCUT2D eigenvalue weighted by atomic mass is 10.2. The van der Waals surface area contributed by atoms with Crippen LogP contribution in [0.4, 0.5) is 4.39 Å². The Kier molecular flexibility index (Phi) is 3.63. The highest BCUT2D eigenvalue weighted by atomic mass is 32.2. The van der Waals surface area contributed by atoms with Gasteiger partial charge < -0.3 is 5.32 Å². The number of carbonyl (C=O) groups is 1. The van der Waals surface area contributed by atoms with Gasteiger partial charge in [-0.15, -0.1) is 0 Å². The number of hydrogen-bond donors (Lipinski definition) is 1. The van der Waals surface area contributed by atoms with Crippen LogP contribution in [-0.2, 0) is 20.6 Å². The summed E-state index contributed by atoms with van der Waals surface area (Å²) in [4.78, 5) is 11.1. The first kappa shape index (κ1) is 13.0. The second kappa shape index (κ2) is 5.03. The van der Waals surface area contributed by atoms with Crippen LogP contribution in [0.1, 0.15) is 5.56 Å². The van der Waals surface area contributed by atoms with Crippen molar-refractivity contribution in [3.63, 3.8) is 0 Å². The fourth-order valence-corrected chi connectivity index (χ4v) is 3.25. The summed E-state index contributed by atoms with van der Waals surface area (Å²) in [7, 11) is -3.58. The number of piperazine rings is 1. The SMILES string of the molecule is O=C1CN(S(=O)(=O)Cc2cccc(F)c2)CCN1. The van der Waals surface area contributed by atoms with Crippen LogP contribution < -0.4 is 5.32 Å². The van der Waals surface area contributed by atoms with Crippen LogP contribution in [0.5, 0.6) is 0 Å². The lowest BCUT2D eigenvalue weighted by Gasteiger charge is -2.25. The van der Waals surface area contributed by atoms with Crippen LogP contribution in [0.15, 0.2) is 24.3 Å². The summed E-state index contributed by atoms with van der Waals surface area (Å²) >= 11 is 0. The largest absolute Gasteiger partial charge is 0.354 e. The van der Waals surface area contributed by atoms with Gasteiger partial charge in [0.2, 0.25) is 15.9 Å². The first-order chi connectivity index (χ1) is 8.47. The van der Waals surface area contributed by atoms with Crippen molar-refractivity contribution in [3.05, 3.63) is 35.6 Å². The van der Waals surface area contributed by atoms with Gasteiger partial charge in [-0.05, 0) is 17.7 Å². The Balaban J connectivity index is 2.14. The van der Waals surface area contributed by atoms with Crippen LogP contribution in [0, 0.1) is 5.82 Å². The molecule has 0 aliphatic carbocycles. The van der Waals surface area contributed by atoms with E-state index in [9.17, 15) is 17.6 Å². The molecule has 5 nitrogen and oxygen atoms in total. The van der Waals surface area contributed by atoms with E-state index in [4.69, 9.17) is 0 Å². The van der Waals surface area contributed by atoms with Crippen LogP contribution >= 0.6 is 0 Å². The van der Waals surface area contributed by atoms with E-state index >= 15 is 0 Å². The Morgan fingerprint density at radius 2 is 2.17 bits per heavy atom. The van der Waals surface area contributed by atoms with Gasteiger partial charge in [-0.3, -0.25) is 4.79 Å². The molecule has 7 heteroatoms. The van der Waals surface area contributed by atoms with Gasteiger partial charge in [0.05, 0.1) is 12.3 Å². The molecule has 1 N–H and O–H groups in total. The maximum absolute atomic E-state index is 13.0. The third-order valence-corrected chi connectivity index (χ3v) is 4.43. The highest BCUT2D eigenvalue weighted by Gasteiger charge is 2.27. The summed E-state index contributed by atoms with van der Waals surface area (Å²) in [6.45, 7) is 0.391. The van der Waals surface area contributed by atoms with E-state index in [2.05, 4.69) is 5.32 Å². The summed E-state index contributed by atoms with van der Waals surface area (Å²) in [5.41, 5.74) is 0.376. The third kappa shape index (κ3) is 3.05. The van der Waals surface area contributed by atoms with Crippen LogP contribution in [0.3, 0.4) is 0 Å². The molecule has 0 atom stereocenters. The summed E-state index contributed by atoms with van der Waals surface area (Å²) in [5.74, 6) is -1.08. The topological polar surface area (TPSA) is 66.5 Å². The molecule has 1 aliphatic heterocycles. The summed E-state index contributed by atoms with van der Waals surface area (Å²) < 4.78 is 38.2. The van der Waals surface area contributed by atoms with E-state index in [1.807, 2.05) is 0 Å². The molecular formula is C11H13FN2O3S. The number of amides is 1. The molecule has 1 aromatic rings. The Hall–Kier alpha value is -1.47. The molecule has 1 aliphatic rings.